The number of nitrogens with zero attached hydrogens (tertiary/aromatic N) is 1. The van der Waals surface area contributed by atoms with Gasteiger partial charge in [-0.1, -0.05) is 25.7 Å². The molecule has 2 rings (SSSR count). The molecule has 3 N–H and O–H groups in total. The number of H-pyrrole nitrogens is 1. The van der Waals surface area contributed by atoms with E-state index in [-0.39, 0.29) is 11.4 Å². The lowest BCUT2D eigenvalue weighted by atomic mass is 9.94. The second kappa shape index (κ2) is 5.31. The van der Waals surface area contributed by atoms with E-state index in [1.165, 1.54) is 25.2 Å². The van der Waals surface area contributed by atoms with Crippen LogP contribution >= 0.6 is 0 Å². The van der Waals surface area contributed by atoms with E-state index in [0.717, 1.165) is 25.7 Å². The summed E-state index contributed by atoms with van der Waals surface area (Å²) < 4.78 is 0. The summed E-state index contributed by atoms with van der Waals surface area (Å²) in [6.45, 7) is 0.396. The van der Waals surface area contributed by atoms with E-state index in [4.69, 9.17) is 0 Å². The number of aromatic amines is 1. The predicted octanol–water partition coefficient (Wildman–Crippen LogP) is 1.27. The van der Waals surface area contributed by atoms with Gasteiger partial charge in [0.05, 0.1) is 5.60 Å². The Hall–Kier alpha value is -1.36. The molecule has 0 amide bonds. The fraction of sp³-hybridized carbons (Fsp3) is 0.667. The molecule has 1 aromatic rings. The molecule has 0 aromatic carbocycles. The van der Waals surface area contributed by atoms with Crippen molar-refractivity contribution in [3.05, 3.63) is 22.7 Å². The van der Waals surface area contributed by atoms with E-state index in [0.29, 0.717) is 6.54 Å². The van der Waals surface area contributed by atoms with E-state index >= 15 is 0 Å². The third kappa shape index (κ3) is 3.30. The first kappa shape index (κ1) is 12.1. The third-order valence-electron chi connectivity index (χ3n) is 3.33. The molecule has 0 atom stereocenters. The summed E-state index contributed by atoms with van der Waals surface area (Å²) in [5, 5.41) is 13.3. The minimum Gasteiger partial charge on any atom is -0.388 e. The Bertz CT molecular complexity index is 408. The predicted molar refractivity (Wildman–Crippen MR) is 66.0 cm³/mol. The van der Waals surface area contributed by atoms with Crippen LogP contribution in [0.2, 0.25) is 0 Å². The van der Waals surface area contributed by atoms with E-state index in [2.05, 4.69) is 15.3 Å². The van der Waals surface area contributed by atoms with Crippen molar-refractivity contribution in [3.8, 4) is 0 Å². The van der Waals surface area contributed by atoms with Gasteiger partial charge in [0.25, 0.3) is 5.56 Å². The van der Waals surface area contributed by atoms with Crippen molar-refractivity contribution < 1.29 is 5.11 Å². The molecule has 5 nitrogen and oxygen atoms in total. The van der Waals surface area contributed by atoms with Gasteiger partial charge in [0, 0.05) is 18.9 Å². The molecule has 0 spiro atoms. The zero-order chi connectivity index (χ0) is 12.1. The number of anilines is 1. The lowest BCUT2D eigenvalue weighted by molar-refractivity contribution is 0.0380. The van der Waals surface area contributed by atoms with Crippen molar-refractivity contribution >= 4 is 5.82 Å². The first-order valence-electron chi connectivity index (χ1n) is 6.20. The lowest BCUT2D eigenvalue weighted by Gasteiger charge is -2.26. The Balaban J connectivity index is 1.97. The highest BCUT2D eigenvalue weighted by Crippen LogP contribution is 2.26. The number of nitrogens with one attached hydrogen (secondary N) is 2. The largest absolute Gasteiger partial charge is 0.388 e. The van der Waals surface area contributed by atoms with Crippen LogP contribution in [0.3, 0.4) is 0 Å². The van der Waals surface area contributed by atoms with Gasteiger partial charge in [-0.05, 0) is 12.8 Å². The van der Waals surface area contributed by atoms with Crippen LogP contribution in [0.15, 0.2) is 17.2 Å². The van der Waals surface area contributed by atoms with Crippen LogP contribution in [0.25, 0.3) is 0 Å². The second-order valence-corrected chi connectivity index (χ2v) is 4.76. The minimum atomic E-state index is -0.694. The molecule has 0 radical (unpaired) electrons. The summed E-state index contributed by atoms with van der Waals surface area (Å²) in [6.07, 6.45) is 9.09. The van der Waals surface area contributed by atoms with Crippen LogP contribution in [-0.4, -0.2) is 27.2 Å². The zero-order valence-corrected chi connectivity index (χ0v) is 9.91. The van der Waals surface area contributed by atoms with Gasteiger partial charge in [0.15, 0.2) is 5.82 Å². The van der Waals surface area contributed by atoms with Crippen LogP contribution in [0, 0.1) is 0 Å². The lowest BCUT2D eigenvalue weighted by Crippen LogP contribution is -2.37. The van der Waals surface area contributed by atoms with Gasteiger partial charge < -0.3 is 15.4 Å². The average Bonchev–Trinajstić information content (AvgIpc) is 2.54. The first-order valence-corrected chi connectivity index (χ1v) is 6.20. The SMILES string of the molecule is O=c1[nH]ccnc1NCC1(O)CCCCCC1. The van der Waals surface area contributed by atoms with Crippen molar-refractivity contribution in [1.29, 1.82) is 0 Å². The summed E-state index contributed by atoms with van der Waals surface area (Å²) in [5.41, 5.74) is -0.940. The van der Waals surface area contributed by atoms with Crippen molar-refractivity contribution in [3.63, 3.8) is 0 Å². The molecule has 0 saturated heterocycles. The molecule has 1 fully saturated rings. The summed E-state index contributed by atoms with van der Waals surface area (Å²) in [6, 6.07) is 0. The first-order chi connectivity index (χ1) is 8.20. The van der Waals surface area contributed by atoms with Gasteiger partial charge >= 0.3 is 0 Å². The fourth-order valence-corrected chi connectivity index (χ4v) is 2.29. The molecule has 0 aliphatic heterocycles. The van der Waals surface area contributed by atoms with Crippen LogP contribution < -0.4 is 10.9 Å². The molecule has 94 valence electrons. The van der Waals surface area contributed by atoms with Crippen molar-refractivity contribution in [2.75, 3.05) is 11.9 Å². The smallest absolute Gasteiger partial charge is 0.290 e. The minimum absolute atomic E-state index is 0.246. The molecular formula is C12H19N3O2. The highest BCUT2D eigenvalue weighted by molar-refractivity contribution is 5.30. The Morgan fingerprint density at radius 1 is 1.35 bits per heavy atom. The van der Waals surface area contributed by atoms with Crippen molar-refractivity contribution in [2.45, 2.75) is 44.1 Å². The maximum Gasteiger partial charge on any atom is 0.290 e. The van der Waals surface area contributed by atoms with Gasteiger partial charge in [0.2, 0.25) is 0 Å². The van der Waals surface area contributed by atoms with Crippen LogP contribution in [-0.2, 0) is 0 Å². The molecule has 0 bridgehead atoms. The quantitative estimate of drug-likeness (QED) is 0.692. The molecule has 1 aliphatic rings. The van der Waals surface area contributed by atoms with Crippen molar-refractivity contribution in [2.24, 2.45) is 0 Å². The highest BCUT2D eigenvalue weighted by Gasteiger charge is 2.27. The van der Waals surface area contributed by atoms with Crippen LogP contribution in [0.5, 0.6) is 0 Å². The Labute approximate surface area is 100 Å². The topological polar surface area (TPSA) is 78.0 Å². The third-order valence-corrected chi connectivity index (χ3v) is 3.33. The van der Waals surface area contributed by atoms with Gasteiger partial charge in [-0.2, -0.15) is 0 Å². The molecule has 1 saturated carbocycles. The van der Waals surface area contributed by atoms with Crippen molar-refractivity contribution in [1.82, 2.24) is 9.97 Å². The Kier molecular flexibility index (Phi) is 3.78. The van der Waals surface area contributed by atoms with Crippen LogP contribution in [0.1, 0.15) is 38.5 Å². The van der Waals surface area contributed by atoms with Gasteiger partial charge in [-0.15, -0.1) is 0 Å². The molecule has 17 heavy (non-hydrogen) atoms. The summed E-state index contributed by atoms with van der Waals surface area (Å²) >= 11 is 0. The highest BCUT2D eigenvalue weighted by atomic mass is 16.3. The number of aromatic nitrogens is 2. The maximum absolute atomic E-state index is 11.4. The zero-order valence-electron chi connectivity index (χ0n) is 9.91. The standard InChI is InChI=1S/C12H19N3O2/c16-11-10(13-7-8-14-11)15-9-12(17)5-3-1-2-4-6-12/h7-8,17H,1-6,9H2,(H,13,15)(H,14,16). The molecule has 1 aromatic heterocycles. The van der Waals surface area contributed by atoms with E-state index in [1.54, 1.807) is 0 Å². The monoisotopic (exact) mass is 237 g/mol. The molecule has 0 unspecified atom stereocenters. The summed E-state index contributed by atoms with van der Waals surface area (Å²) in [5.74, 6) is 0.283. The molecule has 5 heteroatoms. The van der Waals surface area contributed by atoms with E-state index < -0.39 is 5.60 Å². The Morgan fingerprint density at radius 2 is 2.06 bits per heavy atom. The summed E-state index contributed by atoms with van der Waals surface area (Å²) in [4.78, 5) is 17.9. The number of hydrogen-bond donors (Lipinski definition) is 3. The van der Waals surface area contributed by atoms with Gasteiger partial charge in [0.1, 0.15) is 0 Å². The maximum atomic E-state index is 11.4. The fourth-order valence-electron chi connectivity index (χ4n) is 2.29. The van der Waals surface area contributed by atoms with Gasteiger partial charge in [-0.3, -0.25) is 4.79 Å². The number of rotatable bonds is 3. The van der Waals surface area contributed by atoms with Gasteiger partial charge in [-0.25, -0.2) is 4.98 Å². The number of hydrogen-bond acceptors (Lipinski definition) is 4. The van der Waals surface area contributed by atoms with Crippen LogP contribution in [0.4, 0.5) is 5.82 Å². The molecule has 1 aliphatic carbocycles. The van der Waals surface area contributed by atoms with E-state index in [9.17, 15) is 9.90 Å². The second-order valence-electron chi connectivity index (χ2n) is 4.76. The number of aliphatic hydroxyl groups is 1. The molecule has 1 heterocycles. The normalized spacial score (nSPS) is 19.6. The molecular weight excluding hydrogens is 218 g/mol. The van der Waals surface area contributed by atoms with E-state index in [1.807, 2.05) is 0 Å². The average molecular weight is 237 g/mol. The Morgan fingerprint density at radius 3 is 2.71 bits per heavy atom. The summed E-state index contributed by atoms with van der Waals surface area (Å²) in [7, 11) is 0.